The number of hydrogen-bond donors (Lipinski definition) is 1. The van der Waals surface area contributed by atoms with Crippen molar-refractivity contribution < 1.29 is 9.53 Å². The third kappa shape index (κ3) is 2.91. The molecule has 98 valence electrons. The number of esters is 1. The second-order valence-electron chi connectivity index (χ2n) is 5.25. The number of rotatable bonds is 4. The Morgan fingerprint density at radius 3 is 2.83 bits per heavy atom. The molecular formula is C15H21NO2. The Morgan fingerprint density at radius 1 is 1.44 bits per heavy atom. The molecule has 0 unspecified atom stereocenters. The van der Waals surface area contributed by atoms with Gasteiger partial charge in [-0.2, -0.15) is 0 Å². The van der Waals surface area contributed by atoms with Gasteiger partial charge in [-0.3, -0.25) is 4.79 Å². The van der Waals surface area contributed by atoms with E-state index in [2.05, 4.69) is 29.6 Å². The highest BCUT2D eigenvalue weighted by Crippen LogP contribution is 2.31. The Bertz CT molecular complexity index is 404. The van der Waals surface area contributed by atoms with Crippen LogP contribution < -0.4 is 5.32 Å². The second-order valence-corrected chi connectivity index (χ2v) is 5.25. The summed E-state index contributed by atoms with van der Waals surface area (Å²) in [5.74, 6) is -0.0759. The molecule has 1 aromatic rings. The van der Waals surface area contributed by atoms with Crippen molar-refractivity contribution in [1.82, 2.24) is 5.32 Å². The van der Waals surface area contributed by atoms with Crippen molar-refractivity contribution in [2.75, 3.05) is 13.2 Å². The lowest BCUT2D eigenvalue weighted by Crippen LogP contribution is -2.31. The van der Waals surface area contributed by atoms with Gasteiger partial charge in [-0.25, -0.2) is 0 Å². The predicted octanol–water partition coefficient (Wildman–Crippen LogP) is 2.16. The maximum atomic E-state index is 11.9. The highest BCUT2D eigenvalue weighted by molar-refractivity contribution is 5.77. The lowest BCUT2D eigenvalue weighted by molar-refractivity contribution is -0.153. The smallest absolute Gasteiger partial charge is 0.313 e. The molecule has 0 radical (unpaired) electrons. The van der Waals surface area contributed by atoms with Gasteiger partial charge in [0.15, 0.2) is 0 Å². The summed E-state index contributed by atoms with van der Waals surface area (Å²) in [5.41, 5.74) is 0.943. The van der Waals surface area contributed by atoms with E-state index in [1.54, 1.807) is 0 Å². The van der Waals surface area contributed by atoms with E-state index in [4.69, 9.17) is 4.74 Å². The van der Waals surface area contributed by atoms with Gasteiger partial charge >= 0.3 is 5.97 Å². The molecule has 2 atom stereocenters. The summed E-state index contributed by atoms with van der Waals surface area (Å²) in [6.07, 6.45) is 1.82. The number of ether oxygens (including phenoxy) is 1. The molecule has 0 amide bonds. The van der Waals surface area contributed by atoms with Crippen LogP contribution in [0, 0.1) is 5.41 Å². The van der Waals surface area contributed by atoms with Crippen LogP contribution in [0.2, 0.25) is 0 Å². The highest BCUT2D eigenvalue weighted by atomic mass is 16.5. The standard InChI is InChI=1S/C15H21NO2/c1-3-18-14(17)15(2)10-13(16-11-15)9-12-7-5-4-6-8-12/h4-8,13,16H,3,9-11H2,1-2H3/t13-,15+/m0/s1. The molecule has 1 aliphatic heterocycles. The van der Waals surface area contributed by atoms with E-state index in [0.717, 1.165) is 12.8 Å². The van der Waals surface area contributed by atoms with Gasteiger partial charge in [0.25, 0.3) is 0 Å². The molecule has 1 heterocycles. The minimum absolute atomic E-state index is 0.0759. The van der Waals surface area contributed by atoms with Crippen molar-refractivity contribution in [3.63, 3.8) is 0 Å². The number of carbonyl (C=O) groups excluding carboxylic acids is 1. The van der Waals surface area contributed by atoms with Crippen molar-refractivity contribution >= 4 is 5.97 Å². The van der Waals surface area contributed by atoms with Gasteiger partial charge in [0, 0.05) is 12.6 Å². The lowest BCUT2D eigenvalue weighted by atomic mass is 9.86. The Labute approximate surface area is 109 Å². The Morgan fingerprint density at radius 2 is 2.17 bits per heavy atom. The molecular weight excluding hydrogens is 226 g/mol. The normalized spacial score (nSPS) is 27.1. The van der Waals surface area contributed by atoms with Crippen LogP contribution in [0.1, 0.15) is 25.8 Å². The molecule has 1 saturated heterocycles. The van der Waals surface area contributed by atoms with Crippen LogP contribution in [0.25, 0.3) is 0 Å². The fourth-order valence-corrected chi connectivity index (χ4v) is 2.56. The Hall–Kier alpha value is -1.35. The first-order chi connectivity index (χ1) is 8.64. The molecule has 3 heteroatoms. The summed E-state index contributed by atoms with van der Waals surface area (Å²) >= 11 is 0. The van der Waals surface area contributed by atoms with E-state index in [0.29, 0.717) is 19.2 Å². The van der Waals surface area contributed by atoms with Crippen LogP contribution in [0.5, 0.6) is 0 Å². The second kappa shape index (κ2) is 5.53. The third-order valence-corrected chi connectivity index (χ3v) is 3.57. The summed E-state index contributed by atoms with van der Waals surface area (Å²) in [5, 5.41) is 3.43. The average molecular weight is 247 g/mol. The molecule has 1 aliphatic rings. The minimum atomic E-state index is -0.366. The highest BCUT2D eigenvalue weighted by Gasteiger charge is 2.42. The maximum absolute atomic E-state index is 11.9. The van der Waals surface area contributed by atoms with E-state index in [1.165, 1.54) is 5.56 Å². The Kier molecular flexibility index (Phi) is 4.02. The summed E-state index contributed by atoms with van der Waals surface area (Å²) in [4.78, 5) is 11.9. The number of hydrogen-bond acceptors (Lipinski definition) is 3. The van der Waals surface area contributed by atoms with Crippen LogP contribution in [0.15, 0.2) is 30.3 Å². The molecule has 1 fully saturated rings. The Balaban J connectivity index is 1.94. The zero-order chi connectivity index (χ0) is 13.0. The predicted molar refractivity (Wildman–Crippen MR) is 71.3 cm³/mol. The fraction of sp³-hybridized carbons (Fsp3) is 0.533. The van der Waals surface area contributed by atoms with Gasteiger partial charge in [0.1, 0.15) is 0 Å². The summed E-state index contributed by atoms with van der Waals surface area (Å²) < 4.78 is 5.15. The summed E-state index contributed by atoms with van der Waals surface area (Å²) in [7, 11) is 0. The van der Waals surface area contributed by atoms with E-state index in [-0.39, 0.29) is 11.4 Å². The SMILES string of the molecule is CCOC(=O)[C@@]1(C)CN[C@@H](Cc2ccccc2)C1. The van der Waals surface area contributed by atoms with Gasteiger partial charge in [0.2, 0.25) is 0 Å². The van der Waals surface area contributed by atoms with Crippen LogP contribution in [-0.2, 0) is 16.0 Å². The first-order valence-electron chi connectivity index (χ1n) is 6.58. The number of nitrogens with one attached hydrogen (secondary N) is 1. The summed E-state index contributed by atoms with van der Waals surface area (Å²) in [6.45, 7) is 5.01. The molecule has 0 spiro atoms. The van der Waals surface area contributed by atoms with Gasteiger partial charge in [-0.1, -0.05) is 30.3 Å². The first-order valence-corrected chi connectivity index (χ1v) is 6.58. The molecule has 2 rings (SSSR count). The minimum Gasteiger partial charge on any atom is -0.466 e. The lowest BCUT2D eigenvalue weighted by Gasteiger charge is -2.20. The fourth-order valence-electron chi connectivity index (χ4n) is 2.56. The van der Waals surface area contributed by atoms with Gasteiger partial charge in [0.05, 0.1) is 12.0 Å². The van der Waals surface area contributed by atoms with Gasteiger partial charge < -0.3 is 10.1 Å². The maximum Gasteiger partial charge on any atom is 0.313 e. The molecule has 0 bridgehead atoms. The average Bonchev–Trinajstić information content (AvgIpc) is 2.74. The first kappa shape index (κ1) is 13.1. The van der Waals surface area contributed by atoms with Gasteiger partial charge in [-0.05, 0) is 32.3 Å². The molecule has 18 heavy (non-hydrogen) atoms. The molecule has 1 aromatic carbocycles. The molecule has 0 saturated carbocycles. The van der Waals surface area contributed by atoms with Crippen molar-refractivity contribution in [3.8, 4) is 0 Å². The van der Waals surface area contributed by atoms with Crippen molar-refractivity contribution in [2.24, 2.45) is 5.41 Å². The van der Waals surface area contributed by atoms with Crippen molar-refractivity contribution in [2.45, 2.75) is 32.7 Å². The van der Waals surface area contributed by atoms with Gasteiger partial charge in [-0.15, -0.1) is 0 Å². The molecule has 1 N–H and O–H groups in total. The van der Waals surface area contributed by atoms with E-state index in [1.807, 2.05) is 19.9 Å². The van der Waals surface area contributed by atoms with Crippen molar-refractivity contribution in [3.05, 3.63) is 35.9 Å². The monoisotopic (exact) mass is 247 g/mol. The van der Waals surface area contributed by atoms with E-state index < -0.39 is 0 Å². The quantitative estimate of drug-likeness (QED) is 0.829. The summed E-state index contributed by atoms with van der Waals surface area (Å²) in [6, 6.07) is 10.7. The van der Waals surface area contributed by atoms with E-state index >= 15 is 0 Å². The largest absolute Gasteiger partial charge is 0.466 e. The number of benzene rings is 1. The third-order valence-electron chi connectivity index (χ3n) is 3.57. The van der Waals surface area contributed by atoms with Crippen molar-refractivity contribution in [1.29, 1.82) is 0 Å². The molecule has 3 nitrogen and oxygen atoms in total. The van der Waals surface area contributed by atoms with Crippen LogP contribution in [-0.4, -0.2) is 25.2 Å². The van der Waals surface area contributed by atoms with E-state index in [9.17, 15) is 4.79 Å². The molecule has 0 aliphatic carbocycles. The molecule has 0 aromatic heterocycles. The van der Waals surface area contributed by atoms with Crippen LogP contribution in [0.3, 0.4) is 0 Å². The van der Waals surface area contributed by atoms with Crippen LogP contribution in [0.4, 0.5) is 0 Å². The number of carbonyl (C=O) groups is 1. The van der Waals surface area contributed by atoms with Crippen LogP contribution >= 0.6 is 0 Å². The zero-order valence-corrected chi connectivity index (χ0v) is 11.1. The topological polar surface area (TPSA) is 38.3 Å². The zero-order valence-electron chi connectivity index (χ0n) is 11.1.